The first-order chi connectivity index (χ1) is 8.20. The first-order valence-corrected chi connectivity index (χ1v) is 8.66. The fraction of sp³-hybridized carbons (Fsp3) is 0.500. The van der Waals surface area contributed by atoms with E-state index in [0.29, 0.717) is 13.2 Å². The van der Waals surface area contributed by atoms with Crippen LogP contribution in [0.4, 0.5) is 0 Å². The molecule has 0 rings (SSSR count). The molecule has 0 fully saturated rings. The maximum absolute atomic E-state index is 10.7. The Balaban J connectivity index is 3.13. The number of esters is 2. The Morgan fingerprint density at radius 1 is 0.941 bits per heavy atom. The van der Waals surface area contributed by atoms with Crippen molar-refractivity contribution in [1.82, 2.24) is 0 Å². The van der Waals surface area contributed by atoms with Crippen LogP contribution in [0.3, 0.4) is 0 Å². The normalized spacial score (nSPS) is 9.41. The van der Waals surface area contributed by atoms with E-state index in [1.807, 2.05) is 0 Å². The van der Waals surface area contributed by atoms with Gasteiger partial charge in [0.05, 0.1) is 0 Å². The zero-order valence-electron chi connectivity index (χ0n) is 9.85. The molecule has 0 aromatic carbocycles. The van der Waals surface area contributed by atoms with Crippen molar-refractivity contribution >= 4 is 32.9 Å². The van der Waals surface area contributed by atoms with Crippen LogP contribution in [0.15, 0.2) is 25.3 Å². The molecule has 0 amide bonds. The van der Waals surface area contributed by atoms with Crippen LogP contribution in [0.25, 0.3) is 0 Å². The van der Waals surface area contributed by atoms with Gasteiger partial charge < -0.3 is 0 Å². The van der Waals surface area contributed by atoms with Gasteiger partial charge in [0, 0.05) is 0 Å². The minimum atomic E-state index is -0.359. The molecule has 0 atom stereocenters. The second-order valence-corrected chi connectivity index (χ2v) is 6.56. The molecule has 0 N–H and O–H groups in total. The van der Waals surface area contributed by atoms with E-state index in [4.69, 9.17) is 9.47 Å². The summed E-state index contributed by atoms with van der Waals surface area (Å²) < 4.78 is 12.0. The predicted molar refractivity (Wildman–Crippen MR) is 66.9 cm³/mol. The van der Waals surface area contributed by atoms with Gasteiger partial charge in [0.15, 0.2) is 0 Å². The second kappa shape index (κ2) is 11.7. The molecule has 0 aromatic rings. The third kappa shape index (κ3) is 11.5. The Bertz CT molecular complexity index is 237. The summed E-state index contributed by atoms with van der Waals surface area (Å²) in [7, 11) is 0. The van der Waals surface area contributed by atoms with E-state index in [9.17, 15) is 9.59 Å². The number of rotatable bonds is 10. The van der Waals surface area contributed by atoms with E-state index < -0.39 is 0 Å². The zero-order chi connectivity index (χ0) is 12.9. The molecule has 0 aliphatic carbocycles. The average Bonchev–Trinajstić information content (AvgIpc) is 2.35. The van der Waals surface area contributed by atoms with Crippen molar-refractivity contribution in [2.45, 2.75) is 21.8 Å². The fourth-order valence-electron chi connectivity index (χ4n) is 0.887. The summed E-state index contributed by atoms with van der Waals surface area (Å²) in [5.41, 5.74) is 0. The molecular weight excluding hydrogens is 336 g/mol. The van der Waals surface area contributed by atoms with Crippen molar-refractivity contribution in [3.63, 3.8) is 0 Å². The van der Waals surface area contributed by atoms with Gasteiger partial charge in [-0.3, -0.25) is 0 Å². The van der Waals surface area contributed by atoms with Gasteiger partial charge in [0.2, 0.25) is 0 Å². The van der Waals surface area contributed by atoms with Crippen LogP contribution in [-0.2, 0) is 19.1 Å². The summed E-state index contributed by atoms with van der Waals surface area (Å²) >= 11 is -0.0508. The number of carbonyl (C=O) groups excluding carboxylic acids is 2. The number of ether oxygens (including phenoxy) is 2. The van der Waals surface area contributed by atoms with Gasteiger partial charge in [-0.15, -0.1) is 0 Å². The standard InChI is InChI=1S/C12H18O4Te/c1-3-11(13)15-7-5-9-17-10-6-8-16-12(14)4-2/h3-4H,1-2,5-10H2. The molecule has 0 heterocycles. The molecule has 4 nitrogen and oxygen atoms in total. The first-order valence-electron chi connectivity index (χ1n) is 5.37. The fourth-order valence-corrected chi connectivity index (χ4v) is 3.31. The van der Waals surface area contributed by atoms with Crippen LogP contribution >= 0.6 is 0 Å². The topological polar surface area (TPSA) is 52.6 Å². The van der Waals surface area contributed by atoms with Gasteiger partial charge in [0.1, 0.15) is 0 Å². The third-order valence-electron chi connectivity index (χ3n) is 1.69. The molecule has 0 aliphatic heterocycles. The quantitative estimate of drug-likeness (QED) is 0.260. The summed E-state index contributed by atoms with van der Waals surface area (Å²) in [6, 6.07) is 0. The summed E-state index contributed by atoms with van der Waals surface area (Å²) in [6.45, 7) is 7.58. The molecule has 0 saturated carbocycles. The molecule has 0 aliphatic rings. The van der Waals surface area contributed by atoms with Crippen molar-refractivity contribution in [3.8, 4) is 0 Å². The summed E-state index contributed by atoms with van der Waals surface area (Å²) in [5, 5.41) is 0. The van der Waals surface area contributed by atoms with E-state index in [0.717, 1.165) is 21.8 Å². The van der Waals surface area contributed by atoms with Gasteiger partial charge in [-0.2, -0.15) is 0 Å². The molecule has 0 unspecified atom stereocenters. The van der Waals surface area contributed by atoms with E-state index >= 15 is 0 Å². The van der Waals surface area contributed by atoms with Crippen LogP contribution in [0.1, 0.15) is 12.8 Å². The van der Waals surface area contributed by atoms with Gasteiger partial charge in [-0.05, 0) is 0 Å². The Labute approximate surface area is 112 Å². The molecule has 0 spiro atoms. The first kappa shape index (κ1) is 16.2. The Morgan fingerprint density at radius 3 is 1.71 bits per heavy atom. The van der Waals surface area contributed by atoms with E-state index in [1.54, 1.807) is 0 Å². The van der Waals surface area contributed by atoms with E-state index in [1.165, 1.54) is 12.2 Å². The van der Waals surface area contributed by atoms with Crippen LogP contribution in [-0.4, -0.2) is 46.1 Å². The van der Waals surface area contributed by atoms with Crippen LogP contribution in [0.5, 0.6) is 0 Å². The molecule has 5 heteroatoms. The van der Waals surface area contributed by atoms with Crippen molar-refractivity contribution in [2.75, 3.05) is 13.2 Å². The molecule has 96 valence electrons. The summed E-state index contributed by atoms with van der Waals surface area (Å²) in [6.07, 6.45) is 4.16. The number of carbonyl (C=O) groups is 2. The monoisotopic (exact) mass is 356 g/mol. The summed E-state index contributed by atoms with van der Waals surface area (Å²) in [4.78, 5) is 21.4. The van der Waals surface area contributed by atoms with Gasteiger partial charge in [-0.1, -0.05) is 0 Å². The minimum absolute atomic E-state index is 0.0508. The Morgan fingerprint density at radius 2 is 1.35 bits per heavy atom. The Hall–Kier alpha value is -0.790. The van der Waals surface area contributed by atoms with Crippen LogP contribution < -0.4 is 0 Å². The van der Waals surface area contributed by atoms with E-state index in [2.05, 4.69) is 13.2 Å². The Kier molecular flexibility index (Phi) is 11.1. The van der Waals surface area contributed by atoms with Crippen LogP contribution in [0, 0.1) is 0 Å². The molecule has 17 heavy (non-hydrogen) atoms. The van der Waals surface area contributed by atoms with E-state index in [-0.39, 0.29) is 32.9 Å². The van der Waals surface area contributed by atoms with Crippen molar-refractivity contribution in [1.29, 1.82) is 0 Å². The van der Waals surface area contributed by atoms with Crippen LogP contribution in [0.2, 0.25) is 8.94 Å². The third-order valence-corrected chi connectivity index (χ3v) is 4.98. The number of hydrogen-bond acceptors (Lipinski definition) is 4. The zero-order valence-corrected chi connectivity index (χ0v) is 12.2. The van der Waals surface area contributed by atoms with Gasteiger partial charge >= 0.3 is 112 Å². The van der Waals surface area contributed by atoms with Gasteiger partial charge in [0.25, 0.3) is 0 Å². The van der Waals surface area contributed by atoms with Gasteiger partial charge in [-0.25, -0.2) is 0 Å². The molecule has 0 aromatic heterocycles. The predicted octanol–water partition coefficient (Wildman–Crippen LogP) is 1.77. The molecule has 0 bridgehead atoms. The molecular formula is C12H18O4Te. The average molecular weight is 354 g/mol. The molecule has 0 radical (unpaired) electrons. The number of hydrogen-bond donors (Lipinski definition) is 0. The SMILES string of the molecule is C=CC(=O)OCCC[Te]CCCOC(=O)C=C. The van der Waals surface area contributed by atoms with Crippen molar-refractivity contribution in [3.05, 3.63) is 25.3 Å². The molecule has 0 saturated heterocycles. The van der Waals surface area contributed by atoms with Crippen molar-refractivity contribution in [2.24, 2.45) is 0 Å². The van der Waals surface area contributed by atoms with Crippen molar-refractivity contribution < 1.29 is 19.1 Å². The second-order valence-electron chi connectivity index (χ2n) is 3.06. The maximum atomic E-state index is 10.7. The summed E-state index contributed by atoms with van der Waals surface area (Å²) in [5.74, 6) is -0.719.